The molecule has 3 aromatic rings. The van der Waals surface area contributed by atoms with Crippen LogP contribution in [-0.4, -0.2) is 29.2 Å². The minimum atomic E-state index is -0.0654. The molecule has 2 aromatic carbocycles. The molecule has 114 valence electrons. The Kier molecular flexibility index (Phi) is 3.90. The molecule has 0 fully saturated rings. The minimum absolute atomic E-state index is 0.0624. The van der Waals surface area contributed by atoms with Gasteiger partial charge in [0.1, 0.15) is 5.75 Å². The molecule has 0 saturated carbocycles. The predicted molar refractivity (Wildman–Crippen MR) is 84.7 cm³/mol. The number of benzene rings is 2. The van der Waals surface area contributed by atoms with Gasteiger partial charge in [0.05, 0.1) is 19.8 Å². The maximum Gasteiger partial charge on any atom is 0.320 e. The van der Waals surface area contributed by atoms with Crippen molar-refractivity contribution in [1.29, 1.82) is 0 Å². The second kappa shape index (κ2) is 6.17. The van der Waals surface area contributed by atoms with Gasteiger partial charge in [0, 0.05) is 4.91 Å². The summed E-state index contributed by atoms with van der Waals surface area (Å²) < 4.78 is 10.5. The highest BCUT2D eigenvalue weighted by Crippen LogP contribution is 2.36. The van der Waals surface area contributed by atoms with E-state index in [1.165, 1.54) is 7.11 Å². The minimum Gasteiger partial charge on any atom is -0.496 e. The first-order chi connectivity index (χ1) is 11.3. The van der Waals surface area contributed by atoms with Crippen molar-refractivity contribution in [3.63, 3.8) is 0 Å². The molecule has 1 aromatic heterocycles. The number of ether oxygens (including phenoxy) is 2. The molecular weight excluding hydrogens is 296 g/mol. The molecular formula is C15H12N6O2. The first-order valence-electron chi connectivity index (χ1n) is 6.68. The molecule has 0 aliphatic carbocycles. The monoisotopic (exact) mass is 308 g/mol. The van der Waals surface area contributed by atoms with Crippen molar-refractivity contribution in [3.8, 4) is 23.1 Å². The fraction of sp³-hybridized carbons (Fsp3) is 0.133. The number of hydrogen-bond donors (Lipinski definition) is 0. The van der Waals surface area contributed by atoms with Crippen LogP contribution in [0.3, 0.4) is 0 Å². The van der Waals surface area contributed by atoms with Gasteiger partial charge in [-0.25, -0.2) is 4.98 Å². The maximum absolute atomic E-state index is 8.61. The molecule has 0 saturated heterocycles. The zero-order valence-corrected chi connectivity index (χ0v) is 12.5. The van der Waals surface area contributed by atoms with E-state index in [9.17, 15) is 0 Å². The lowest BCUT2D eigenvalue weighted by Gasteiger charge is -2.11. The van der Waals surface area contributed by atoms with E-state index in [1.54, 1.807) is 7.11 Å². The van der Waals surface area contributed by atoms with Crippen LogP contribution in [0, 0.1) is 0 Å². The second-order valence-corrected chi connectivity index (χ2v) is 4.50. The van der Waals surface area contributed by atoms with Crippen LogP contribution >= 0.6 is 0 Å². The van der Waals surface area contributed by atoms with Crippen molar-refractivity contribution in [2.75, 3.05) is 14.2 Å². The molecule has 1 heterocycles. The summed E-state index contributed by atoms with van der Waals surface area (Å²) >= 11 is 0. The van der Waals surface area contributed by atoms with E-state index < -0.39 is 0 Å². The fourth-order valence-electron chi connectivity index (χ4n) is 2.29. The third-order valence-corrected chi connectivity index (χ3v) is 3.25. The van der Waals surface area contributed by atoms with E-state index in [0.717, 1.165) is 10.8 Å². The molecule has 0 radical (unpaired) electrons. The number of azide groups is 1. The van der Waals surface area contributed by atoms with Gasteiger partial charge in [-0.3, -0.25) is 0 Å². The summed E-state index contributed by atoms with van der Waals surface area (Å²) in [4.78, 5) is 15.1. The van der Waals surface area contributed by atoms with Crippen molar-refractivity contribution in [2.45, 2.75) is 0 Å². The van der Waals surface area contributed by atoms with Crippen molar-refractivity contribution < 1.29 is 9.47 Å². The van der Waals surface area contributed by atoms with Crippen molar-refractivity contribution in [2.24, 2.45) is 5.11 Å². The van der Waals surface area contributed by atoms with Gasteiger partial charge in [0.15, 0.2) is 5.82 Å². The quantitative estimate of drug-likeness (QED) is 0.415. The van der Waals surface area contributed by atoms with Crippen LogP contribution in [0.1, 0.15) is 0 Å². The van der Waals surface area contributed by atoms with Crippen LogP contribution in [0.2, 0.25) is 0 Å². The Morgan fingerprint density at radius 1 is 1.00 bits per heavy atom. The Balaban J connectivity index is 2.35. The summed E-state index contributed by atoms with van der Waals surface area (Å²) in [5.41, 5.74) is 9.29. The summed E-state index contributed by atoms with van der Waals surface area (Å²) in [7, 11) is 3.00. The average Bonchev–Trinajstić information content (AvgIpc) is 2.60. The summed E-state index contributed by atoms with van der Waals surface area (Å²) in [6.07, 6.45) is 0. The number of nitrogens with zero attached hydrogens (tertiary/aromatic N) is 6. The van der Waals surface area contributed by atoms with Gasteiger partial charge < -0.3 is 9.47 Å². The van der Waals surface area contributed by atoms with Gasteiger partial charge >= 0.3 is 6.01 Å². The fourth-order valence-corrected chi connectivity index (χ4v) is 2.29. The molecule has 0 N–H and O–H groups in total. The van der Waals surface area contributed by atoms with E-state index in [-0.39, 0.29) is 12.0 Å². The van der Waals surface area contributed by atoms with E-state index in [4.69, 9.17) is 15.0 Å². The first kappa shape index (κ1) is 14.6. The van der Waals surface area contributed by atoms with Crippen molar-refractivity contribution in [3.05, 3.63) is 46.8 Å². The molecule has 0 aliphatic heterocycles. The van der Waals surface area contributed by atoms with Crippen LogP contribution < -0.4 is 9.47 Å². The van der Waals surface area contributed by atoms with Gasteiger partial charge in [0.2, 0.25) is 5.95 Å². The predicted octanol–water partition coefficient (Wildman–Crippen LogP) is 3.65. The average molecular weight is 308 g/mol. The third-order valence-electron chi connectivity index (χ3n) is 3.25. The van der Waals surface area contributed by atoms with E-state index in [1.807, 2.05) is 36.4 Å². The van der Waals surface area contributed by atoms with Gasteiger partial charge in [-0.1, -0.05) is 30.3 Å². The van der Waals surface area contributed by atoms with Crippen molar-refractivity contribution in [1.82, 2.24) is 15.0 Å². The van der Waals surface area contributed by atoms with E-state index >= 15 is 0 Å². The lowest BCUT2D eigenvalue weighted by molar-refractivity contribution is 0.379. The largest absolute Gasteiger partial charge is 0.496 e. The Morgan fingerprint density at radius 2 is 1.83 bits per heavy atom. The molecule has 0 unspecified atom stereocenters. The number of aromatic nitrogens is 3. The second-order valence-electron chi connectivity index (χ2n) is 4.50. The number of rotatable bonds is 4. The molecule has 3 rings (SSSR count). The third kappa shape index (κ3) is 2.70. The van der Waals surface area contributed by atoms with Gasteiger partial charge in [-0.2, -0.15) is 9.97 Å². The topological polar surface area (TPSA) is 106 Å². The van der Waals surface area contributed by atoms with E-state index in [0.29, 0.717) is 17.1 Å². The Labute approximate surface area is 131 Å². The van der Waals surface area contributed by atoms with Crippen LogP contribution in [-0.2, 0) is 0 Å². The zero-order chi connectivity index (χ0) is 16.2. The number of methoxy groups -OCH3 is 2. The molecule has 0 aliphatic rings. The van der Waals surface area contributed by atoms with Crippen molar-refractivity contribution >= 4 is 16.7 Å². The number of hydrogen-bond acceptors (Lipinski definition) is 6. The highest BCUT2D eigenvalue weighted by atomic mass is 16.5. The summed E-state index contributed by atoms with van der Waals surface area (Å²) in [5, 5.41) is 5.35. The molecule has 23 heavy (non-hydrogen) atoms. The van der Waals surface area contributed by atoms with Gasteiger partial charge in [-0.05, 0) is 27.5 Å². The molecule has 0 amide bonds. The van der Waals surface area contributed by atoms with Crippen LogP contribution in [0.5, 0.6) is 11.8 Å². The lowest BCUT2D eigenvalue weighted by atomic mass is 10.0. The Bertz CT molecular complexity index is 921. The van der Waals surface area contributed by atoms with Crippen LogP contribution in [0.25, 0.3) is 32.6 Å². The Morgan fingerprint density at radius 3 is 2.57 bits per heavy atom. The molecule has 0 spiro atoms. The first-order valence-corrected chi connectivity index (χ1v) is 6.68. The summed E-state index contributed by atoms with van der Waals surface area (Å²) in [6.45, 7) is 0. The lowest BCUT2D eigenvalue weighted by Crippen LogP contribution is -1.99. The van der Waals surface area contributed by atoms with Gasteiger partial charge in [0.25, 0.3) is 0 Å². The summed E-state index contributed by atoms with van der Waals surface area (Å²) in [6, 6.07) is 11.6. The van der Waals surface area contributed by atoms with Crippen LogP contribution in [0.15, 0.2) is 41.5 Å². The molecule has 8 nitrogen and oxygen atoms in total. The highest BCUT2D eigenvalue weighted by molar-refractivity contribution is 5.98. The molecule has 0 bridgehead atoms. The zero-order valence-electron chi connectivity index (χ0n) is 12.5. The molecule has 0 atom stereocenters. The SMILES string of the molecule is COc1nc(N=[N+]=[N-])nc(-c2c(OC)ccc3ccccc23)n1. The number of fused-ring (bicyclic) bond motifs is 1. The highest BCUT2D eigenvalue weighted by Gasteiger charge is 2.16. The Hall–Kier alpha value is -3.38. The standard InChI is InChI=1S/C15H12N6O2/c1-22-11-8-7-9-5-3-4-6-10(9)12(11)13-17-14(20-21-16)19-15(18-13)23-2/h3-8H,1-2H3. The molecule has 8 heteroatoms. The van der Waals surface area contributed by atoms with Crippen LogP contribution in [0.4, 0.5) is 5.95 Å². The maximum atomic E-state index is 8.61. The smallest absolute Gasteiger partial charge is 0.320 e. The van der Waals surface area contributed by atoms with E-state index in [2.05, 4.69) is 25.0 Å². The summed E-state index contributed by atoms with van der Waals surface area (Å²) in [5.74, 6) is 0.848. The normalized spacial score (nSPS) is 10.2. The van der Waals surface area contributed by atoms with Gasteiger partial charge in [-0.15, -0.1) is 0 Å².